The van der Waals surface area contributed by atoms with Gasteiger partial charge in [-0.1, -0.05) is 0 Å². The van der Waals surface area contributed by atoms with Crippen LogP contribution in [-0.4, -0.2) is 36.4 Å². The van der Waals surface area contributed by atoms with Crippen molar-refractivity contribution in [3.63, 3.8) is 0 Å². The minimum Gasteiger partial charge on any atom is -0.388 e. The summed E-state index contributed by atoms with van der Waals surface area (Å²) in [4.78, 5) is 12.9. The second kappa shape index (κ2) is 6.83. The van der Waals surface area contributed by atoms with Gasteiger partial charge in [-0.3, -0.25) is 4.79 Å². The Morgan fingerprint density at radius 1 is 1.53 bits per heavy atom. The van der Waals surface area contributed by atoms with Gasteiger partial charge in [-0.15, -0.1) is 11.3 Å². The van der Waals surface area contributed by atoms with E-state index in [2.05, 4.69) is 21.2 Å². The molecule has 2 heterocycles. The molecule has 19 heavy (non-hydrogen) atoms. The number of nitrogens with one attached hydrogen (secondary N) is 1. The van der Waals surface area contributed by atoms with E-state index in [1.54, 1.807) is 11.3 Å². The highest BCUT2D eigenvalue weighted by Crippen LogP contribution is 2.21. The number of thiophene rings is 1. The van der Waals surface area contributed by atoms with Crippen molar-refractivity contribution in [3.05, 3.63) is 20.8 Å². The van der Waals surface area contributed by atoms with Gasteiger partial charge < -0.3 is 15.2 Å². The number of ether oxygens (including phenoxy) is 1. The Morgan fingerprint density at radius 3 is 2.89 bits per heavy atom. The highest BCUT2D eigenvalue weighted by Gasteiger charge is 2.29. The fourth-order valence-electron chi connectivity index (χ4n) is 2.00. The smallest absolute Gasteiger partial charge is 0.220 e. The van der Waals surface area contributed by atoms with E-state index in [0.717, 1.165) is 10.9 Å². The number of carbonyl (C=O) groups excluding carboxylic acids is 1. The number of aryl methyl sites for hydroxylation is 1. The van der Waals surface area contributed by atoms with Crippen molar-refractivity contribution in [3.8, 4) is 0 Å². The molecule has 1 aromatic rings. The SMILES string of the molecule is O=C(CCc1cc(Br)cs1)NCC1(O)CCOCC1. The molecule has 1 aliphatic heterocycles. The molecule has 2 rings (SSSR count). The number of hydrogen-bond donors (Lipinski definition) is 2. The lowest BCUT2D eigenvalue weighted by atomic mass is 9.94. The zero-order chi connectivity index (χ0) is 13.7. The highest BCUT2D eigenvalue weighted by molar-refractivity contribution is 9.10. The van der Waals surface area contributed by atoms with Crippen LogP contribution in [0.25, 0.3) is 0 Å². The highest BCUT2D eigenvalue weighted by atomic mass is 79.9. The molecule has 0 bridgehead atoms. The van der Waals surface area contributed by atoms with Crippen LogP contribution in [0.1, 0.15) is 24.1 Å². The third kappa shape index (κ3) is 4.87. The summed E-state index contributed by atoms with van der Waals surface area (Å²) in [5, 5.41) is 15.0. The molecule has 1 saturated heterocycles. The molecule has 6 heteroatoms. The van der Waals surface area contributed by atoms with Crippen LogP contribution in [0.2, 0.25) is 0 Å². The zero-order valence-corrected chi connectivity index (χ0v) is 13.1. The number of carbonyl (C=O) groups is 1. The maximum Gasteiger partial charge on any atom is 0.220 e. The quantitative estimate of drug-likeness (QED) is 0.857. The summed E-state index contributed by atoms with van der Waals surface area (Å²) < 4.78 is 6.26. The van der Waals surface area contributed by atoms with Crippen LogP contribution in [0.5, 0.6) is 0 Å². The summed E-state index contributed by atoms with van der Waals surface area (Å²) >= 11 is 5.04. The second-order valence-corrected chi connectivity index (χ2v) is 6.76. The molecule has 0 aromatic carbocycles. The predicted octanol–water partition coefficient (Wildman–Crippen LogP) is 2.10. The van der Waals surface area contributed by atoms with E-state index in [1.165, 1.54) is 4.88 Å². The van der Waals surface area contributed by atoms with Gasteiger partial charge in [0.25, 0.3) is 0 Å². The number of aliphatic hydroxyl groups is 1. The molecular weight excluding hydrogens is 330 g/mol. The standard InChI is InChI=1S/C13H18BrNO3S/c14-10-7-11(19-8-10)1-2-12(16)15-9-13(17)3-5-18-6-4-13/h7-8,17H,1-6,9H2,(H,15,16). The van der Waals surface area contributed by atoms with Crippen LogP contribution in [0.15, 0.2) is 15.9 Å². The van der Waals surface area contributed by atoms with Crippen molar-refractivity contribution < 1.29 is 14.6 Å². The van der Waals surface area contributed by atoms with Gasteiger partial charge in [0.05, 0.1) is 5.60 Å². The van der Waals surface area contributed by atoms with Crippen molar-refractivity contribution >= 4 is 33.2 Å². The van der Waals surface area contributed by atoms with Crippen LogP contribution in [0, 0.1) is 0 Å². The first-order valence-corrected chi connectivity index (χ1v) is 8.04. The Morgan fingerprint density at radius 2 is 2.26 bits per heavy atom. The molecule has 0 atom stereocenters. The average Bonchev–Trinajstić information content (AvgIpc) is 2.81. The van der Waals surface area contributed by atoms with Crippen molar-refractivity contribution in [1.29, 1.82) is 0 Å². The van der Waals surface area contributed by atoms with Gasteiger partial charge in [0.2, 0.25) is 5.91 Å². The average molecular weight is 348 g/mol. The van der Waals surface area contributed by atoms with Gasteiger partial charge in [0, 0.05) is 53.8 Å². The fourth-order valence-corrected chi connectivity index (χ4v) is 3.46. The van der Waals surface area contributed by atoms with Crippen LogP contribution in [-0.2, 0) is 16.0 Å². The molecular formula is C13H18BrNO3S. The van der Waals surface area contributed by atoms with Crippen molar-refractivity contribution in [2.75, 3.05) is 19.8 Å². The molecule has 2 N–H and O–H groups in total. The Hall–Kier alpha value is -0.430. The predicted molar refractivity (Wildman–Crippen MR) is 78.4 cm³/mol. The van der Waals surface area contributed by atoms with Gasteiger partial charge in [-0.05, 0) is 28.4 Å². The number of hydrogen-bond acceptors (Lipinski definition) is 4. The third-order valence-electron chi connectivity index (χ3n) is 3.26. The van der Waals surface area contributed by atoms with E-state index in [1.807, 2.05) is 11.4 Å². The summed E-state index contributed by atoms with van der Waals surface area (Å²) in [6, 6.07) is 2.03. The lowest BCUT2D eigenvalue weighted by Gasteiger charge is -2.32. The van der Waals surface area contributed by atoms with Crippen molar-refractivity contribution in [2.24, 2.45) is 0 Å². The summed E-state index contributed by atoms with van der Waals surface area (Å²) in [5.41, 5.74) is -0.792. The van der Waals surface area contributed by atoms with Gasteiger partial charge in [0.1, 0.15) is 0 Å². The number of rotatable bonds is 5. The second-order valence-electron chi connectivity index (χ2n) is 4.84. The van der Waals surface area contributed by atoms with E-state index in [4.69, 9.17) is 4.74 Å². The van der Waals surface area contributed by atoms with E-state index in [0.29, 0.717) is 39.0 Å². The van der Waals surface area contributed by atoms with Gasteiger partial charge >= 0.3 is 0 Å². The zero-order valence-electron chi connectivity index (χ0n) is 10.7. The van der Waals surface area contributed by atoms with Crippen LogP contribution < -0.4 is 5.32 Å². The third-order valence-corrected chi connectivity index (χ3v) is 5.02. The molecule has 0 unspecified atom stereocenters. The molecule has 1 amide bonds. The summed E-state index contributed by atoms with van der Waals surface area (Å²) in [6.45, 7) is 1.45. The van der Waals surface area contributed by atoms with Crippen LogP contribution in [0.3, 0.4) is 0 Å². The first kappa shape index (κ1) is 15.0. The van der Waals surface area contributed by atoms with E-state index < -0.39 is 5.60 Å². The molecule has 1 aromatic heterocycles. The monoisotopic (exact) mass is 347 g/mol. The maximum absolute atomic E-state index is 11.7. The summed E-state index contributed by atoms with van der Waals surface area (Å²) in [7, 11) is 0. The van der Waals surface area contributed by atoms with Crippen LogP contribution in [0.4, 0.5) is 0 Å². The Bertz CT molecular complexity index is 429. The lowest BCUT2D eigenvalue weighted by molar-refractivity contribution is -0.123. The van der Waals surface area contributed by atoms with Crippen molar-refractivity contribution in [2.45, 2.75) is 31.3 Å². The Labute approximate surface area is 125 Å². The van der Waals surface area contributed by atoms with E-state index in [9.17, 15) is 9.90 Å². The molecule has 0 aliphatic carbocycles. The number of amides is 1. The molecule has 0 radical (unpaired) electrons. The minimum absolute atomic E-state index is 0.00978. The van der Waals surface area contributed by atoms with E-state index in [-0.39, 0.29) is 5.91 Å². The minimum atomic E-state index is -0.792. The Kier molecular flexibility index (Phi) is 5.38. The van der Waals surface area contributed by atoms with Gasteiger partial charge in [-0.2, -0.15) is 0 Å². The molecule has 1 aliphatic rings. The topological polar surface area (TPSA) is 58.6 Å². The molecule has 4 nitrogen and oxygen atoms in total. The first-order valence-electron chi connectivity index (χ1n) is 6.37. The number of halogens is 1. The Balaban J connectivity index is 1.69. The first-order chi connectivity index (χ1) is 9.07. The largest absolute Gasteiger partial charge is 0.388 e. The molecule has 0 spiro atoms. The molecule has 1 fully saturated rings. The van der Waals surface area contributed by atoms with Crippen LogP contribution >= 0.6 is 27.3 Å². The molecule has 0 saturated carbocycles. The summed E-state index contributed by atoms with van der Waals surface area (Å²) in [5.74, 6) is -0.00978. The normalized spacial score (nSPS) is 18.2. The van der Waals surface area contributed by atoms with E-state index >= 15 is 0 Å². The van der Waals surface area contributed by atoms with Crippen molar-refractivity contribution in [1.82, 2.24) is 5.32 Å². The summed E-state index contributed by atoms with van der Waals surface area (Å²) in [6.07, 6.45) is 2.37. The fraction of sp³-hybridized carbons (Fsp3) is 0.615. The van der Waals surface area contributed by atoms with Gasteiger partial charge in [0.15, 0.2) is 0 Å². The van der Waals surface area contributed by atoms with Gasteiger partial charge in [-0.25, -0.2) is 0 Å². The molecule has 106 valence electrons. The lowest BCUT2D eigenvalue weighted by Crippen LogP contribution is -2.46. The maximum atomic E-state index is 11.7.